The molecule has 0 aromatic heterocycles. The van der Waals surface area contributed by atoms with E-state index in [1.54, 1.807) is 0 Å². The second-order valence-electron chi connectivity index (χ2n) is 2.63. The second-order valence-corrected chi connectivity index (χ2v) is 4.64. The molecule has 0 aromatic carbocycles. The smallest absolute Gasteiger partial charge is 0.234 e. The number of carbonyl (C=O) groups excluding carboxylic acids is 2. The van der Waals surface area contributed by atoms with E-state index in [0.29, 0.717) is 0 Å². The second kappa shape index (κ2) is 4.96. The van der Waals surface area contributed by atoms with E-state index in [9.17, 15) is 18.0 Å². The number of hydrogen-bond donors (Lipinski definition) is 1. The quantitative estimate of drug-likeness (QED) is 0.678. The normalized spacial score (nSPS) is 10.9. The van der Waals surface area contributed by atoms with Crippen molar-refractivity contribution in [2.45, 2.75) is 26.7 Å². The first-order valence-corrected chi connectivity index (χ1v) is 5.55. The predicted molar refractivity (Wildman–Crippen MR) is 47.5 cm³/mol. The van der Waals surface area contributed by atoms with Crippen molar-refractivity contribution in [3.8, 4) is 0 Å². The molecule has 0 rings (SSSR count). The molecule has 6 heteroatoms. The van der Waals surface area contributed by atoms with Crippen LogP contribution in [0.5, 0.6) is 0 Å². The fourth-order valence-electron chi connectivity index (χ4n) is 0.586. The lowest BCUT2D eigenvalue weighted by atomic mass is 10.2. The number of carbonyl (C=O) groups is 2. The molecule has 1 amide bonds. The van der Waals surface area contributed by atoms with E-state index in [1.807, 2.05) is 4.72 Å². The van der Waals surface area contributed by atoms with Gasteiger partial charge in [-0.05, 0) is 13.8 Å². The van der Waals surface area contributed by atoms with Crippen LogP contribution in [0, 0.1) is 0 Å². The van der Waals surface area contributed by atoms with Gasteiger partial charge in [0.25, 0.3) is 0 Å². The van der Waals surface area contributed by atoms with Crippen molar-refractivity contribution >= 4 is 21.7 Å². The van der Waals surface area contributed by atoms with E-state index in [1.165, 1.54) is 13.8 Å². The fourth-order valence-corrected chi connectivity index (χ4v) is 1.18. The van der Waals surface area contributed by atoms with Crippen LogP contribution in [0.1, 0.15) is 26.7 Å². The van der Waals surface area contributed by atoms with Crippen LogP contribution in [0.4, 0.5) is 0 Å². The number of Topliss-reactive ketones (excluding diaryl/α,β-unsaturated/α-hetero) is 1. The largest absolute Gasteiger partial charge is 0.300 e. The van der Waals surface area contributed by atoms with E-state index < -0.39 is 15.9 Å². The number of sulfonamides is 1. The summed E-state index contributed by atoms with van der Waals surface area (Å²) in [4.78, 5) is 21.3. The predicted octanol–water partition coefficient (Wildman–Crippen LogP) is -0.179. The summed E-state index contributed by atoms with van der Waals surface area (Å²) in [5.41, 5.74) is 0. The molecule has 0 aliphatic rings. The van der Waals surface area contributed by atoms with Crippen molar-refractivity contribution in [1.29, 1.82) is 0 Å². The lowest BCUT2D eigenvalue weighted by Gasteiger charge is -2.02. The fraction of sp³-hybridized carbons (Fsp3) is 0.714. The summed E-state index contributed by atoms with van der Waals surface area (Å²) in [7, 11) is -3.48. The average molecular weight is 207 g/mol. The highest BCUT2D eigenvalue weighted by molar-refractivity contribution is 7.90. The third-order valence-electron chi connectivity index (χ3n) is 1.35. The summed E-state index contributed by atoms with van der Waals surface area (Å²) in [6.45, 7) is 2.78. The molecule has 0 spiro atoms. The molecule has 0 bridgehead atoms. The van der Waals surface area contributed by atoms with Gasteiger partial charge in [-0.1, -0.05) is 0 Å². The summed E-state index contributed by atoms with van der Waals surface area (Å²) in [5, 5.41) is 0. The molecule has 0 radical (unpaired) electrons. The molecule has 0 saturated heterocycles. The van der Waals surface area contributed by atoms with Gasteiger partial charge in [-0.25, -0.2) is 8.42 Å². The maximum absolute atomic E-state index is 10.9. The maximum Gasteiger partial charge on any atom is 0.234 e. The van der Waals surface area contributed by atoms with E-state index in [2.05, 4.69) is 0 Å². The Labute approximate surface area is 77.6 Å². The zero-order valence-corrected chi connectivity index (χ0v) is 8.48. The van der Waals surface area contributed by atoms with E-state index >= 15 is 0 Å². The van der Waals surface area contributed by atoms with E-state index in [0.717, 1.165) is 0 Å². The van der Waals surface area contributed by atoms with E-state index in [-0.39, 0.29) is 24.4 Å². The highest BCUT2D eigenvalue weighted by Crippen LogP contribution is 1.92. The van der Waals surface area contributed by atoms with Gasteiger partial charge in [0.05, 0.1) is 5.75 Å². The lowest BCUT2D eigenvalue weighted by molar-refractivity contribution is -0.123. The Morgan fingerprint density at radius 2 is 1.77 bits per heavy atom. The van der Waals surface area contributed by atoms with Crippen LogP contribution in [0.2, 0.25) is 0 Å². The van der Waals surface area contributed by atoms with Gasteiger partial charge in [0.2, 0.25) is 15.9 Å². The van der Waals surface area contributed by atoms with Gasteiger partial charge in [-0.3, -0.25) is 9.52 Å². The number of amides is 1. The first kappa shape index (κ1) is 12.1. The zero-order valence-electron chi connectivity index (χ0n) is 7.66. The number of nitrogens with one attached hydrogen (secondary N) is 1. The summed E-state index contributed by atoms with van der Waals surface area (Å²) < 4.78 is 23.5. The molecule has 0 saturated carbocycles. The summed E-state index contributed by atoms with van der Waals surface area (Å²) in [6, 6.07) is 0. The van der Waals surface area contributed by atoms with E-state index in [4.69, 9.17) is 0 Å². The van der Waals surface area contributed by atoms with Crippen LogP contribution in [-0.2, 0) is 19.6 Å². The zero-order chi connectivity index (χ0) is 10.5. The molecule has 76 valence electrons. The maximum atomic E-state index is 10.9. The van der Waals surface area contributed by atoms with Gasteiger partial charge >= 0.3 is 0 Å². The number of hydrogen-bond acceptors (Lipinski definition) is 4. The molecule has 0 aliphatic carbocycles. The highest BCUT2D eigenvalue weighted by Gasteiger charge is 2.11. The van der Waals surface area contributed by atoms with Crippen molar-refractivity contribution in [1.82, 2.24) is 4.72 Å². The van der Waals surface area contributed by atoms with Crippen molar-refractivity contribution in [2.75, 3.05) is 5.75 Å². The Morgan fingerprint density at radius 1 is 1.23 bits per heavy atom. The molecular formula is C7H13NO4S. The average Bonchev–Trinajstić information content (AvgIpc) is 2.00. The summed E-state index contributed by atoms with van der Waals surface area (Å²) in [6.07, 6.45) is -0.000366. The Kier molecular flexibility index (Phi) is 4.61. The Bertz CT molecular complexity index is 294. The van der Waals surface area contributed by atoms with Crippen LogP contribution >= 0.6 is 0 Å². The Balaban J connectivity index is 3.96. The van der Waals surface area contributed by atoms with Crippen molar-refractivity contribution < 1.29 is 18.0 Å². The van der Waals surface area contributed by atoms with Gasteiger partial charge in [0.1, 0.15) is 5.78 Å². The van der Waals surface area contributed by atoms with Crippen LogP contribution in [0.15, 0.2) is 0 Å². The van der Waals surface area contributed by atoms with Crippen LogP contribution in [0.3, 0.4) is 0 Å². The van der Waals surface area contributed by atoms with Crippen molar-refractivity contribution in [3.05, 3.63) is 0 Å². The van der Waals surface area contributed by atoms with Gasteiger partial charge < -0.3 is 4.79 Å². The SMILES string of the molecule is CCS(=O)(=O)NC(=O)CCC(C)=O. The lowest BCUT2D eigenvalue weighted by Crippen LogP contribution is -2.31. The molecule has 0 fully saturated rings. The molecular weight excluding hydrogens is 194 g/mol. The molecule has 0 aromatic rings. The minimum atomic E-state index is -3.48. The summed E-state index contributed by atoms with van der Waals surface area (Å²) >= 11 is 0. The molecule has 0 aliphatic heterocycles. The first-order chi connectivity index (χ1) is 5.87. The minimum Gasteiger partial charge on any atom is -0.300 e. The minimum absolute atomic E-state index is 0.0745. The van der Waals surface area contributed by atoms with Gasteiger partial charge in [-0.2, -0.15) is 0 Å². The van der Waals surface area contributed by atoms with Crippen LogP contribution in [0.25, 0.3) is 0 Å². The van der Waals surface area contributed by atoms with Crippen LogP contribution in [-0.4, -0.2) is 25.9 Å². The number of rotatable bonds is 5. The van der Waals surface area contributed by atoms with Crippen molar-refractivity contribution in [2.24, 2.45) is 0 Å². The Morgan fingerprint density at radius 3 is 2.15 bits per heavy atom. The monoisotopic (exact) mass is 207 g/mol. The molecule has 0 heterocycles. The molecule has 0 atom stereocenters. The third kappa shape index (κ3) is 6.27. The highest BCUT2D eigenvalue weighted by atomic mass is 32.2. The topological polar surface area (TPSA) is 80.3 Å². The first-order valence-electron chi connectivity index (χ1n) is 3.90. The van der Waals surface area contributed by atoms with Gasteiger partial charge in [0, 0.05) is 12.8 Å². The summed E-state index contributed by atoms with van der Waals surface area (Å²) in [5.74, 6) is -0.903. The van der Waals surface area contributed by atoms with Gasteiger partial charge in [-0.15, -0.1) is 0 Å². The molecule has 0 unspecified atom stereocenters. The van der Waals surface area contributed by atoms with Gasteiger partial charge in [0.15, 0.2) is 0 Å². The molecule has 1 N–H and O–H groups in total. The number of ketones is 1. The van der Waals surface area contributed by atoms with Crippen molar-refractivity contribution in [3.63, 3.8) is 0 Å². The van der Waals surface area contributed by atoms with Crippen LogP contribution < -0.4 is 4.72 Å². The third-order valence-corrected chi connectivity index (χ3v) is 2.65. The Hall–Kier alpha value is -0.910. The standard InChI is InChI=1S/C7H13NO4S/c1-3-13(11,12)8-7(10)5-4-6(2)9/h3-5H2,1-2H3,(H,8,10). The molecule has 13 heavy (non-hydrogen) atoms. The molecule has 5 nitrogen and oxygen atoms in total.